The molecule has 0 radical (unpaired) electrons. The molecule has 1 aliphatic rings. The number of nitrogens with zero attached hydrogens (tertiary/aromatic N) is 6. The van der Waals surface area contributed by atoms with Crippen LogP contribution < -0.4 is 5.32 Å². The first kappa shape index (κ1) is 20.8. The van der Waals surface area contributed by atoms with Crippen molar-refractivity contribution in [3.05, 3.63) is 48.0 Å². The Morgan fingerprint density at radius 2 is 2.28 bits per heavy atom. The number of aliphatic imine (C=N–C) groups is 1. The summed E-state index contributed by atoms with van der Waals surface area (Å²) in [6.45, 7) is 5.42. The van der Waals surface area contributed by atoms with Gasteiger partial charge in [-0.3, -0.25) is 14.5 Å². The van der Waals surface area contributed by atoms with E-state index in [9.17, 15) is 4.79 Å². The molecule has 1 saturated heterocycles. The van der Waals surface area contributed by atoms with Crippen molar-refractivity contribution in [2.24, 2.45) is 12.0 Å². The van der Waals surface area contributed by atoms with Crippen LogP contribution in [0.2, 0.25) is 0 Å². The maximum absolute atomic E-state index is 12.5. The van der Waals surface area contributed by atoms with E-state index in [0.717, 1.165) is 44.1 Å². The van der Waals surface area contributed by atoms with E-state index in [1.54, 1.807) is 11.1 Å². The van der Waals surface area contributed by atoms with Crippen molar-refractivity contribution in [1.29, 1.82) is 0 Å². The zero-order valence-electron chi connectivity index (χ0n) is 17.6. The van der Waals surface area contributed by atoms with Crippen molar-refractivity contribution in [3.63, 3.8) is 0 Å². The highest BCUT2D eigenvalue weighted by atomic mass is 16.2. The van der Waals surface area contributed by atoms with Crippen LogP contribution in [-0.2, 0) is 18.3 Å². The third-order valence-corrected chi connectivity index (χ3v) is 5.24. The minimum atomic E-state index is 0.0133. The lowest BCUT2D eigenvalue weighted by atomic mass is 10.0. The van der Waals surface area contributed by atoms with Crippen LogP contribution in [0.25, 0.3) is 0 Å². The number of aromatic nitrogens is 3. The fourth-order valence-electron chi connectivity index (χ4n) is 3.52. The molecule has 29 heavy (non-hydrogen) atoms. The van der Waals surface area contributed by atoms with Crippen molar-refractivity contribution < 1.29 is 4.79 Å². The second-order valence-electron chi connectivity index (χ2n) is 7.44. The molecule has 1 N–H and O–H groups in total. The molecule has 156 valence electrons. The summed E-state index contributed by atoms with van der Waals surface area (Å²) in [5.74, 6) is 1.27. The third kappa shape index (κ3) is 5.79. The van der Waals surface area contributed by atoms with Gasteiger partial charge in [0.25, 0.3) is 0 Å². The van der Waals surface area contributed by atoms with E-state index in [1.165, 1.54) is 5.56 Å². The largest absolute Gasteiger partial charge is 0.357 e. The number of amides is 1. The second kappa shape index (κ2) is 10.0. The summed E-state index contributed by atoms with van der Waals surface area (Å²) in [5, 5.41) is 7.61. The van der Waals surface area contributed by atoms with Gasteiger partial charge >= 0.3 is 0 Å². The second-order valence-corrected chi connectivity index (χ2v) is 7.44. The van der Waals surface area contributed by atoms with E-state index in [4.69, 9.17) is 0 Å². The summed E-state index contributed by atoms with van der Waals surface area (Å²) in [5.41, 5.74) is 2.25. The van der Waals surface area contributed by atoms with Crippen molar-refractivity contribution >= 4 is 11.9 Å². The van der Waals surface area contributed by atoms with Crippen LogP contribution in [0, 0.1) is 0 Å². The van der Waals surface area contributed by atoms with Gasteiger partial charge in [-0.05, 0) is 31.0 Å². The van der Waals surface area contributed by atoms with Crippen molar-refractivity contribution in [3.8, 4) is 0 Å². The van der Waals surface area contributed by atoms with Gasteiger partial charge in [-0.25, -0.2) is 4.99 Å². The average Bonchev–Trinajstić information content (AvgIpc) is 3.39. The smallest absolute Gasteiger partial charge is 0.244 e. The molecule has 2 aromatic heterocycles. The Bertz CT molecular complexity index is 817. The van der Waals surface area contributed by atoms with Crippen LogP contribution in [0.15, 0.2) is 41.8 Å². The number of carbonyl (C=O) groups excluding carboxylic acids is 1. The molecular weight excluding hydrogens is 366 g/mol. The molecule has 1 amide bonds. The zero-order valence-corrected chi connectivity index (χ0v) is 17.6. The first-order valence-electron chi connectivity index (χ1n) is 10.2. The van der Waals surface area contributed by atoms with Gasteiger partial charge in [0.15, 0.2) is 5.96 Å². The minimum absolute atomic E-state index is 0.0133. The lowest BCUT2D eigenvalue weighted by Gasteiger charge is -2.22. The van der Waals surface area contributed by atoms with Gasteiger partial charge in [0.1, 0.15) is 6.54 Å². The number of likely N-dealkylation sites (N-methyl/N-ethyl adjacent to an activating group) is 1. The van der Waals surface area contributed by atoms with Gasteiger partial charge in [-0.1, -0.05) is 6.07 Å². The standard InChI is InChI=1S/C21H31N7O/c1-4-22-21(28-12-8-17(16-28)18-13-25-27(3)15-18)24-14-20(29)26(2)11-9-19-7-5-6-10-23-19/h5-7,10,13,15,17H,4,8-9,11-12,14,16H2,1-3H3,(H,22,24). The van der Waals surface area contributed by atoms with Gasteiger partial charge in [0, 0.05) is 70.7 Å². The molecule has 1 fully saturated rings. The molecular formula is C21H31N7O. The number of nitrogens with one attached hydrogen (secondary N) is 1. The Morgan fingerprint density at radius 3 is 2.97 bits per heavy atom. The summed E-state index contributed by atoms with van der Waals surface area (Å²) >= 11 is 0. The molecule has 0 bridgehead atoms. The summed E-state index contributed by atoms with van der Waals surface area (Å²) in [6.07, 6.45) is 7.61. The van der Waals surface area contributed by atoms with Crippen LogP contribution in [-0.4, -0.2) is 76.2 Å². The molecule has 0 saturated carbocycles. The van der Waals surface area contributed by atoms with Crippen LogP contribution in [0.3, 0.4) is 0 Å². The molecule has 2 aromatic rings. The first-order chi connectivity index (χ1) is 14.1. The molecule has 1 aliphatic heterocycles. The van der Waals surface area contributed by atoms with Crippen LogP contribution >= 0.6 is 0 Å². The maximum atomic E-state index is 12.5. The van der Waals surface area contributed by atoms with Crippen molar-refractivity contribution in [1.82, 2.24) is 29.9 Å². The van der Waals surface area contributed by atoms with Gasteiger partial charge in [0.2, 0.25) is 5.91 Å². The Labute approximate surface area is 172 Å². The lowest BCUT2D eigenvalue weighted by Crippen LogP contribution is -2.41. The topological polar surface area (TPSA) is 78.7 Å². The average molecular weight is 398 g/mol. The first-order valence-corrected chi connectivity index (χ1v) is 10.2. The van der Waals surface area contributed by atoms with E-state index < -0.39 is 0 Å². The number of hydrogen-bond acceptors (Lipinski definition) is 4. The van der Waals surface area contributed by atoms with E-state index in [1.807, 2.05) is 50.1 Å². The molecule has 1 atom stereocenters. The molecule has 8 nitrogen and oxygen atoms in total. The molecule has 3 rings (SSSR count). The Balaban J connectivity index is 1.53. The van der Waals surface area contributed by atoms with E-state index >= 15 is 0 Å². The van der Waals surface area contributed by atoms with E-state index in [2.05, 4.69) is 31.5 Å². The minimum Gasteiger partial charge on any atom is -0.357 e. The molecule has 0 aromatic carbocycles. The van der Waals surface area contributed by atoms with Gasteiger partial charge < -0.3 is 15.1 Å². The highest BCUT2D eigenvalue weighted by molar-refractivity contribution is 5.85. The zero-order chi connectivity index (χ0) is 20.6. The quantitative estimate of drug-likeness (QED) is 0.562. The summed E-state index contributed by atoms with van der Waals surface area (Å²) in [7, 11) is 3.76. The Kier molecular flexibility index (Phi) is 7.21. The van der Waals surface area contributed by atoms with E-state index in [0.29, 0.717) is 12.5 Å². The number of rotatable bonds is 7. The van der Waals surface area contributed by atoms with Crippen LogP contribution in [0.5, 0.6) is 0 Å². The molecule has 1 unspecified atom stereocenters. The summed E-state index contributed by atoms with van der Waals surface area (Å²) in [6, 6.07) is 5.84. The van der Waals surface area contributed by atoms with Crippen molar-refractivity contribution in [2.45, 2.75) is 25.7 Å². The molecule has 0 spiro atoms. The van der Waals surface area contributed by atoms with Crippen molar-refractivity contribution in [2.75, 3.05) is 39.8 Å². The summed E-state index contributed by atoms with van der Waals surface area (Å²) < 4.78 is 1.84. The number of aryl methyl sites for hydroxylation is 1. The Hall–Kier alpha value is -2.90. The Morgan fingerprint density at radius 1 is 1.41 bits per heavy atom. The van der Waals surface area contributed by atoms with Crippen LogP contribution in [0.4, 0.5) is 0 Å². The monoisotopic (exact) mass is 397 g/mol. The number of hydrogen-bond donors (Lipinski definition) is 1. The highest BCUT2D eigenvalue weighted by Crippen LogP contribution is 2.26. The third-order valence-electron chi connectivity index (χ3n) is 5.24. The van der Waals surface area contributed by atoms with Gasteiger partial charge in [0.05, 0.1) is 6.20 Å². The number of likely N-dealkylation sites (tertiary alicyclic amines) is 1. The van der Waals surface area contributed by atoms with Crippen LogP contribution in [0.1, 0.15) is 30.5 Å². The predicted octanol–water partition coefficient (Wildman–Crippen LogP) is 1.27. The SMILES string of the molecule is CCNC(=NCC(=O)N(C)CCc1ccccn1)N1CCC(c2cnn(C)c2)C1. The normalized spacial score (nSPS) is 16.9. The summed E-state index contributed by atoms with van der Waals surface area (Å²) in [4.78, 5) is 25.4. The molecule has 8 heteroatoms. The van der Waals surface area contributed by atoms with Gasteiger partial charge in [-0.15, -0.1) is 0 Å². The number of carbonyl (C=O) groups is 1. The highest BCUT2D eigenvalue weighted by Gasteiger charge is 2.27. The number of guanidine groups is 1. The fraction of sp³-hybridized carbons (Fsp3) is 0.524. The molecule has 0 aliphatic carbocycles. The maximum Gasteiger partial charge on any atom is 0.244 e. The molecule has 3 heterocycles. The van der Waals surface area contributed by atoms with Gasteiger partial charge in [-0.2, -0.15) is 5.10 Å². The predicted molar refractivity (Wildman–Crippen MR) is 114 cm³/mol. The van der Waals surface area contributed by atoms with E-state index in [-0.39, 0.29) is 12.5 Å². The number of pyridine rings is 1. The fourth-order valence-corrected chi connectivity index (χ4v) is 3.52. The lowest BCUT2D eigenvalue weighted by molar-refractivity contribution is -0.128.